The summed E-state index contributed by atoms with van der Waals surface area (Å²) in [6.45, 7) is 3.97. The van der Waals surface area contributed by atoms with Crippen molar-refractivity contribution in [2.75, 3.05) is 19.5 Å². The molecule has 0 radical (unpaired) electrons. The molecule has 124 valence electrons. The minimum absolute atomic E-state index is 0.490. The van der Waals surface area contributed by atoms with E-state index in [0.717, 1.165) is 32.7 Å². The van der Waals surface area contributed by atoms with Crippen LogP contribution in [0.5, 0.6) is 11.5 Å². The highest BCUT2D eigenvalue weighted by atomic mass is 32.1. The van der Waals surface area contributed by atoms with Crippen molar-refractivity contribution in [1.82, 2.24) is 15.0 Å². The van der Waals surface area contributed by atoms with Crippen LogP contribution in [0.2, 0.25) is 0 Å². The second-order valence-corrected chi connectivity index (χ2v) is 6.31. The first kappa shape index (κ1) is 16.2. The molecule has 0 unspecified atom stereocenters. The highest BCUT2D eigenvalue weighted by molar-refractivity contribution is 7.15. The lowest BCUT2D eigenvalue weighted by molar-refractivity contribution is 0.405. The van der Waals surface area contributed by atoms with Gasteiger partial charge in [-0.05, 0) is 32.0 Å². The van der Waals surface area contributed by atoms with Gasteiger partial charge in [0.05, 0.1) is 41.2 Å². The minimum atomic E-state index is 0.490. The molecule has 3 rings (SSSR count). The van der Waals surface area contributed by atoms with Crippen molar-refractivity contribution in [3.8, 4) is 22.1 Å². The number of hydrogen-bond donors (Lipinski definition) is 1. The summed E-state index contributed by atoms with van der Waals surface area (Å²) in [5, 5.41) is 4.21. The smallest absolute Gasteiger partial charge is 0.227 e. The Morgan fingerprint density at radius 1 is 1.04 bits per heavy atom. The topological polar surface area (TPSA) is 69.2 Å². The summed E-state index contributed by atoms with van der Waals surface area (Å²) in [6, 6.07) is 7.40. The molecule has 2 heterocycles. The summed E-state index contributed by atoms with van der Waals surface area (Å²) in [6.07, 6.45) is 1.73. The summed E-state index contributed by atoms with van der Waals surface area (Å²) in [4.78, 5) is 14.4. The maximum Gasteiger partial charge on any atom is 0.227 e. The Balaban J connectivity index is 1.94. The first-order valence-electron chi connectivity index (χ1n) is 7.37. The van der Waals surface area contributed by atoms with Crippen LogP contribution in [0, 0.1) is 13.8 Å². The quantitative estimate of drug-likeness (QED) is 0.756. The zero-order valence-corrected chi connectivity index (χ0v) is 14.8. The fourth-order valence-electron chi connectivity index (χ4n) is 2.35. The van der Waals surface area contributed by atoms with Crippen LogP contribution >= 0.6 is 11.3 Å². The minimum Gasteiger partial charge on any atom is -0.497 e. The van der Waals surface area contributed by atoms with E-state index in [9.17, 15) is 0 Å². The molecule has 24 heavy (non-hydrogen) atoms. The molecule has 1 aromatic carbocycles. The van der Waals surface area contributed by atoms with E-state index in [1.807, 2.05) is 38.1 Å². The number of nitrogens with zero attached hydrogens (tertiary/aromatic N) is 3. The van der Waals surface area contributed by atoms with Gasteiger partial charge in [0.1, 0.15) is 11.5 Å². The molecular weight excluding hydrogens is 324 g/mol. The highest BCUT2D eigenvalue weighted by Crippen LogP contribution is 2.32. The Kier molecular flexibility index (Phi) is 4.61. The van der Waals surface area contributed by atoms with Crippen LogP contribution in [0.1, 0.15) is 10.7 Å². The van der Waals surface area contributed by atoms with Crippen LogP contribution in [0.25, 0.3) is 10.6 Å². The Labute approximate surface area is 144 Å². The zero-order valence-electron chi connectivity index (χ0n) is 14.0. The lowest BCUT2D eigenvalue weighted by Crippen LogP contribution is -2.00. The number of methoxy groups -OCH3 is 2. The number of thiazole rings is 1. The van der Waals surface area contributed by atoms with Crippen LogP contribution in [0.3, 0.4) is 0 Å². The van der Waals surface area contributed by atoms with E-state index in [2.05, 4.69) is 20.3 Å². The fraction of sp³-hybridized carbons (Fsp3) is 0.235. The summed E-state index contributed by atoms with van der Waals surface area (Å²) in [5.41, 5.74) is 2.56. The van der Waals surface area contributed by atoms with Gasteiger partial charge in [0.15, 0.2) is 0 Å². The Morgan fingerprint density at radius 2 is 1.88 bits per heavy atom. The molecule has 7 heteroatoms. The summed E-state index contributed by atoms with van der Waals surface area (Å²) < 4.78 is 10.6. The second kappa shape index (κ2) is 6.84. The van der Waals surface area contributed by atoms with Crippen molar-refractivity contribution in [2.45, 2.75) is 13.8 Å². The molecule has 6 nitrogen and oxygen atoms in total. The van der Waals surface area contributed by atoms with Gasteiger partial charge in [-0.15, -0.1) is 11.3 Å². The van der Waals surface area contributed by atoms with Crippen molar-refractivity contribution >= 4 is 23.0 Å². The average Bonchev–Trinajstić information content (AvgIpc) is 2.93. The maximum atomic E-state index is 5.37. The van der Waals surface area contributed by atoms with Crippen molar-refractivity contribution in [2.24, 2.45) is 0 Å². The molecule has 0 fully saturated rings. The first-order valence-corrected chi connectivity index (χ1v) is 8.19. The standard InChI is InChI=1S/C17H18N4O2S/c1-10-16(24-11(2)19-10)13-7-8-18-17(20-13)21-14-9-12(22-3)5-6-15(14)23-4/h5-9H,1-4H3,(H,18,20,21). The summed E-state index contributed by atoms with van der Waals surface area (Å²) in [7, 11) is 3.24. The number of nitrogens with one attached hydrogen (secondary N) is 1. The van der Waals surface area contributed by atoms with E-state index in [-0.39, 0.29) is 0 Å². The van der Waals surface area contributed by atoms with Gasteiger partial charge in [0.25, 0.3) is 0 Å². The van der Waals surface area contributed by atoms with E-state index in [1.54, 1.807) is 31.8 Å². The third kappa shape index (κ3) is 3.30. The number of aryl methyl sites for hydroxylation is 2. The van der Waals surface area contributed by atoms with Gasteiger partial charge in [0.2, 0.25) is 5.95 Å². The monoisotopic (exact) mass is 342 g/mol. The molecule has 0 amide bonds. The van der Waals surface area contributed by atoms with E-state index in [1.165, 1.54) is 0 Å². The van der Waals surface area contributed by atoms with Crippen molar-refractivity contribution in [3.05, 3.63) is 41.2 Å². The fourth-order valence-corrected chi connectivity index (χ4v) is 3.24. The molecule has 0 spiro atoms. The number of benzene rings is 1. The molecule has 3 aromatic rings. The number of hydrogen-bond acceptors (Lipinski definition) is 7. The van der Waals surface area contributed by atoms with Crippen LogP contribution in [-0.2, 0) is 0 Å². The molecule has 1 N–H and O–H groups in total. The van der Waals surface area contributed by atoms with Crippen LogP contribution in [0.4, 0.5) is 11.6 Å². The molecule has 0 bridgehead atoms. The van der Waals surface area contributed by atoms with Crippen molar-refractivity contribution in [1.29, 1.82) is 0 Å². The van der Waals surface area contributed by atoms with E-state index >= 15 is 0 Å². The lowest BCUT2D eigenvalue weighted by Gasteiger charge is -2.12. The van der Waals surface area contributed by atoms with Gasteiger partial charge < -0.3 is 14.8 Å². The average molecular weight is 342 g/mol. The van der Waals surface area contributed by atoms with Gasteiger partial charge in [-0.25, -0.2) is 15.0 Å². The number of aromatic nitrogens is 3. The Morgan fingerprint density at radius 3 is 2.54 bits per heavy atom. The predicted molar refractivity (Wildman–Crippen MR) is 95.4 cm³/mol. The van der Waals surface area contributed by atoms with Crippen molar-refractivity contribution in [3.63, 3.8) is 0 Å². The van der Waals surface area contributed by atoms with E-state index < -0.39 is 0 Å². The van der Waals surface area contributed by atoms with Gasteiger partial charge in [-0.1, -0.05) is 0 Å². The highest BCUT2D eigenvalue weighted by Gasteiger charge is 2.11. The molecule has 0 atom stereocenters. The predicted octanol–water partition coefficient (Wildman–Crippen LogP) is 3.98. The second-order valence-electron chi connectivity index (χ2n) is 5.10. The molecule has 0 saturated carbocycles. The Bertz CT molecular complexity index is 864. The van der Waals surface area contributed by atoms with Crippen molar-refractivity contribution < 1.29 is 9.47 Å². The maximum absolute atomic E-state index is 5.37. The van der Waals surface area contributed by atoms with Gasteiger partial charge >= 0.3 is 0 Å². The van der Waals surface area contributed by atoms with Gasteiger partial charge in [-0.3, -0.25) is 0 Å². The SMILES string of the molecule is COc1ccc(OC)c(Nc2nccc(-c3sc(C)nc3C)n2)c1. The van der Waals surface area contributed by atoms with Gasteiger partial charge in [0, 0.05) is 12.3 Å². The summed E-state index contributed by atoms with van der Waals surface area (Å²) in [5.74, 6) is 1.91. The van der Waals surface area contributed by atoms with Crippen LogP contribution in [0.15, 0.2) is 30.5 Å². The third-order valence-electron chi connectivity index (χ3n) is 3.44. The molecular formula is C17H18N4O2S. The normalized spacial score (nSPS) is 10.5. The zero-order chi connectivity index (χ0) is 17.1. The van der Waals surface area contributed by atoms with E-state index in [4.69, 9.17) is 9.47 Å². The van der Waals surface area contributed by atoms with E-state index in [0.29, 0.717) is 11.7 Å². The third-order valence-corrected chi connectivity index (χ3v) is 4.54. The molecule has 0 aliphatic carbocycles. The number of rotatable bonds is 5. The number of anilines is 2. The largest absolute Gasteiger partial charge is 0.497 e. The lowest BCUT2D eigenvalue weighted by atomic mass is 10.2. The van der Waals surface area contributed by atoms with Crippen LogP contribution < -0.4 is 14.8 Å². The molecule has 0 aliphatic rings. The van der Waals surface area contributed by atoms with Crippen LogP contribution in [-0.4, -0.2) is 29.2 Å². The molecule has 0 saturated heterocycles. The Hall–Kier alpha value is -2.67. The molecule has 2 aromatic heterocycles. The van der Waals surface area contributed by atoms with Gasteiger partial charge in [-0.2, -0.15) is 0 Å². The first-order chi connectivity index (χ1) is 11.6. The molecule has 0 aliphatic heterocycles. The number of ether oxygens (including phenoxy) is 2. The summed E-state index contributed by atoms with van der Waals surface area (Å²) >= 11 is 1.62.